The Labute approximate surface area is 105 Å². The van der Waals surface area contributed by atoms with E-state index in [4.69, 9.17) is 9.47 Å². The molecule has 1 atom stereocenters. The van der Waals surface area contributed by atoms with Gasteiger partial charge >= 0.3 is 0 Å². The van der Waals surface area contributed by atoms with E-state index in [1.54, 1.807) is 19.5 Å². The average Bonchev–Trinajstić information content (AvgIpc) is 2.17. The van der Waals surface area contributed by atoms with Crippen LogP contribution in [0.25, 0.3) is 0 Å². The quantitative estimate of drug-likeness (QED) is 0.753. The van der Waals surface area contributed by atoms with Crippen molar-refractivity contribution in [2.75, 3.05) is 13.7 Å². The molecule has 0 bridgehead atoms. The van der Waals surface area contributed by atoms with Crippen LogP contribution < -0.4 is 4.74 Å². The van der Waals surface area contributed by atoms with Gasteiger partial charge in [-0.15, -0.1) is 0 Å². The van der Waals surface area contributed by atoms with Crippen LogP contribution in [0.2, 0.25) is 0 Å². The Morgan fingerprint density at radius 1 is 1.38 bits per heavy atom. The van der Waals surface area contributed by atoms with Crippen LogP contribution in [-0.2, 0) is 11.2 Å². The van der Waals surface area contributed by atoms with Crippen LogP contribution in [0, 0.1) is 0 Å². The van der Waals surface area contributed by atoms with Crippen molar-refractivity contribution in [1.29, 1.82) is 0 Å². The molecule has 1 aromatic heterocycles. The highest BCUT2D eigenvalue weighted by Gasteiger charge is 2.08. The third kappa shape index (κ3) is 4.90. The number of methoxy groups -OCH3 is 1. The molecule has 4 nitrogen and oxygen atoms in total. The second-order valence-corrected chi connectivity index (χ2v) is 5.07. The SMILES string of the molecule is COCC(Br)Cc1cncc(OC(C)C)n1. The first-order valence-corrected chi connectivity index (χ1v) is 6.14. The highest BCUT2D eigenvalue weighted by atomic mass is 79.9. The van der Waals surface area contributed by atoms with E-state index in [9.17, 15) is 0 Å². The zero-order valence-electron chi connectivity index (χ0n) is 9.81. The fraction of sp³-hybridized carbons (Fsp3) is 0.636. The molecule has 0 amide bonds. The summed E-state index contributed by atoms with van der Waals surface area (Å²) in [6, 6.07) is 0. The lowest BCUT2D eigenvalue weighted by Crippen LogP contribution is -2.13. The molecule has 0 spiro atoms. The van der Waals surface area contributed by atoms with Crippen LogP contribution in [0.1, 0.15) is 19.5 Å². The maximum absolute atomic E-state index is 5.48. The van der Waals surface area contributed by atoms with Gasteiger partial charge in [0.15, 0.2) is 0 Å². The van der Waals surface area contributed by atoms with Crippen LogP contribution in [0.5, 0.6) is 5.88 Å². The summed E-state index contributed by atoms with van der Waals surface area (Å²) in [6.07, 6.45) is 4.26. The number of aromatic nitrogens is 2. The first-order chi connectivity index (χ1) is 7.61. The number of ether oxygens (including phenoxy) is 2. The molecule has 1 unspecified atom stereocenters. The fourth-order valence-corrected chi connectivity index (χ4v) is 1.85. The van der Waals surface area contributed by atoms with Crippen LogP contribution in [0.3, 0.4) is 0 Å². The van der Waals surface area contributed by atoms with Gasteiger partial charge in [-0.25, -0.2) is 4.98 Å². The fourth-order valence-electron chi connectivity index (χ4n) is 1.25. The van der Waals surface area contributed by atoms with Crippen molar-refractivity contribution in [3.05, 3.63) is 18.1 Å². The van der Waals surface area contributed by atoms with Crippen LogP contribution in [0.15, 0.2) is 12.4 Å². The summed E-state index contributed by atoms with van der Waals surface area (Å²) >= 11 is 3.52. The molecule has 0 fully saturated rings. The molecule has 0 aliphatic carbocycles. The zero-order chi connectivity index (χ0) is 12.0. The van der Waals surface area contributed by atoms with Crippen molar-refractivity contribution in [3.63, 3.8) is 0 Å². The van der Waals surface area contributed by atoms with E-state index in [0.717, 1.165) is 12.1 Å². The van der Waals surface area contributed by atoms with Gasteiger partial charge in [-0.2, -0.15) is 0 Å². The molecular formula is C11H17BrN2O2. The summed E-state index contributed by atoms with van der Waals surface area (Å²) in [6.45, 7) is 4.58. The molecule has 0 radical (unpaired) electrons. The molecular weight excluding hydrogens is 272 g/mol. The third-order valence-electron chi connectivity index (χ3n) is 1.80. The van der Waals surface area contributed by atoms with Crippen molar-refractivity contribution in [2.45, 2.75) is 31.2 Å². The number of alkyl halides is 1. The topological polar surface area (TPSA) is 44.2 Å². The van der Waals surface area contributed by atoms with Crippen molar-refractivity contribution >= 4 is 15.9 Å². The number of hydrogen-bond donors (Lipinski definition) is 0. The molecule has 1 aromatic rings. The van der Waals surface area contributed by atoms with E-state index in [-0.39, 0.29) is 10.9 Å². The largest absolute Gasteiger partial charge is 0.474 e. The Balaban J connectivity index is 2.59. The lowest BCUT2D eigenvalue weighted by atomic mass is 10.2. The van der Waals surface area contributed by atoms with Gasteiger partial charge in [0.25, 0.3) is 0 Å². The molecule has 0 aliphatic rings. The molecule has 0 saturated carbocycles. The van der Waals surface area contributed by atoms with Crippen LogP contribution in [-0.4, -0.2) is 34.6 Å². The van der Waals surface area contributed by atoms with Gasteiger partial charge in [0, 0.05) is 24.6 Å². The Bertz CT molecular complexity index is 321. The van der Waals surface area contributed by atoms with Crippen molar-refractivity contribution in [1.82, 2.24) is 9.97 Å². The van der Waals surface area contributed by atoms with E-state index in [1.165, 1.54) is 0 Å². The number of rotatable bonds is 6. The monoisotopic (exact) mass is 288 g/mol. The van der Waals surface area contributed by atoms with Gasteiger partial charge in [-0.05, 0) is 13.8 Å². The second-order valence-electron chi connectivity index (χ2n) is 3.77. The van der Waals surface area contributed by atoms with Crippen LogP contribution >= 0.6 is 15.9 Å². The molecule has 5 heteroatoms. The summed E-state index contributed by atoms with van der Waals surface area (Å²) in [7, 11) is 1.68. The Morgan fingerprint density at radius 3 is 2.75 bits per heavy atom. The van der Waals surface area contributed by atoms with E-state index in [1.807, 2.05) is 13.8 Å². The lowest BCUT2D eigenvalue weighted by molar-refractivity contribution is 0.200. The van der Waals surface area contributed by atoms with Crippen molar-refractivity contribution < 1.29 is 9.47 Å². The zero-order valence-corrected chi connectivity index (χ0v) is 11.4. The smallest absolute Gasteiger partial charge is 0.232 e. The minimum Gasteiger partial charge on any atom is -0.474 e. The molecule has 90 valence electrons. The number of hydrogen-bond acceptors (Lipinski definition) is 4. The second kappa shape index (κ2) is 6.81. The van der Waals surface area contributed by atoms with E-state index in [2.05, 4.69) is 25.9 Å². The van der Waals surface area contributed by atoms with Gasteiger partial charge in [0.05, 0.1) is 24.6 Å². The average molecular weight is 289 g/mol. The lowest BCUT2D eigenvalue weighted by Gasteiger charge is -2.11. The molecule has 1 rings (SSSR count). The Hall–Kier alpha value is -0.680. The van der Waals surface area contributed by atoms with Gasteiger partial charge in [-0.1, -0.05) is 15.9 Å². The van der Waals surface area contributed by atoms with E-state index >= 15 is 0 Å². The molecule has 0 aromatic carbocycles. The predicted octanol–water partition coefficient (Wildman–Crippen LogP) is 2.22. The minimum absolute atomic E-state index is 0.114. The highest BCUT2D eigenvalue weighted by Crippen LogP contribution is 2.12. The first-order valence-electron chi connectivity index (χ1n) is 5.22. The highest BCUT2D eigenvalue weighted by molar-refractivity contribution is 9.09. The number of nitrogens with zero attached hydrogens (tertiary/aromatic N) is 2. The maximum Gasteiger partial charge on any atom is 0.232 e. The molecule has 1 heterocycles. The summed E-state index contributed by atoms with van der Waals surface area (Å²) < 4.78 is 10.5. The summed E-state index contributed by atoms with van der Waals surface area (Å²) in [5, 5.41) is 0. The third-order valence-corrected chi connectivity index (χ3v) is 2.38. The predicted molar refractivity (Wildman–Crippen MR) is 66.1 cm³/mol. The van der Waals surface area contributed by atoms with Crippen molar-refractivity contribution in [3.8, 4) is 5.88 Å². The first kappa shape index (κ1) is 13.4. The van der Waals surface area contributed by atoms with E-state index in [0.29, 0.717) is 12.5 Å². The molecule has 16 heavy (non-hydrogen) atoms. The van der Waals surface area contributed by atoms with Gasteiger partial charge in [0.2, 0.25) is 5.88 Å². The number of halogens is 1. The van der Waals surface area contributed by atoms with Gasteiger partial charge in [0.1, 0.15) is 0 Å². The molecule has 0 N–H and O–H groups in total. The molecule has 0 aliphatic heterocycles. The van der Waals surface area contributed by atoms with Gasteiger partial charge < -0.3 is 9.47 Å². The summed E-state index contributed by atoms with van der Waals surface area (Å²) in [5.74, 6) is 0.574. The normalized spacial score (nSPS) is 12.8. The van der Waals surface area contributed by atoms with Crippen molar-refractivity contribution in [2.24, 2.45) is 0 Å². The Kier molecular flexibility index (Phi) is 5.69. The summed E-state index contributed by atoms with van der Waals surface area (Å²) in [5.41, 5.74) is 0.900. The standard InChI is InChI=1S/C11H17BrN2O2/c1-8(2)16-11-6-13-5-10(14-11)4-9(12)7-15-3/h5-6,8-9H,4,7H2,1-3H3. The van der Waals surface area contributed by atoms with Crippen LogP contribution in [0.4, 0.5) is 0 Å². The molecule has 0 saturated heterocycles. The van der Waals surface area contributed by atoms with Gasteiger partial charge in [-0.3, -0.25) is 4.98 Å². The Morgan fingerprint density at radius 2 is 2.12 bits per heavy atom. The maximum atomic E-state index is 5.48. The minimum atomic E-state index is 0.114. The van der Waals surface area contributed by atoms with E-state index < -0.39 is 0 Å². The summed E-state index contributed by atoms with van der Waals surface area (Å²) in [4.78, 5) is 8.72.